The summed E-state index contributed by atoms with van der Waals surface area (Å²) >= 11 is 0. The number of aliphatic carboxylic acids is 1. The Balaban J connectivity index is 1.95. The van der Waals surface area contributed by atoms with Gasteiger partial charge in [-0.2, -0.15) is 0 Å². The van der Waals surface area contributed by atoms with E-state index in [1.807, 2.05) is 24.3 Å². The van der Waals surface area contributed by atoms with E-state index in [1.165, 1.54) is 25.7 Å². The lowest BCUT2D eigenvalue weighted by Crippen LogP contribution is -2.37. The van der Waals surface area contributed by atoms with Crippen LogP contribution in [0.15, 0.2) is 24.3 Å². The van der Waals surface area contributed by atoms with E-state index < -0.39 is 5.97 Å². The lowest BCUT2D eigenvalue weighted by molar-refractivity contribution is -0.136. The number of rotatable bonds is 5. The summed E-state index contributed by atoms with van der Waals surface area (Å²) in [7, 11) is 0. The fraction of sp³-hybridized carbons (Fsp3) is 0.588. The monoisotopic (exact) mass is 275 g/mol. The number of benzene rings is 1. The highest BCUT2D eigenvalue weighted by Gasteiger charge is 2.27. The lowest BCUT2D eigenvalue weighted by atomic mass is 9.75. The van der Waals surface area contributed by atoms with Gasteiger partial charge in [-0.15, -0.1) is 0 Å². The van der Waals surface area contributed by atoms with Gasteiger partial charge in [-0.05, 0) is 35.8 Å². The van der Waals surface area contributed by atoms with E-state index in [9.17, 15) is 4.79 Å². The van der Waals surface area contributed by atoms with Gasteiger partial charge < -0.3 is 10.4 Å². The van der Waals surface area contributed by atoms with Crippen molar-refractivity contribution in [3.8, 4) is 0 Å². The average molecular weight is 275 g/mol. The number of hydrogen-bond acceptors (Lipinski definition) is 2. The van der Waals surface area contributed by atoms with Crippen LogP contribution in [0.5, 0.6) is 0 Å². The molecule has 0 amide bonds. The van der Waals surface area contributed by atoms with E-state index in [4.69, 9.17) is 5.11 Å². The van der Waals surface area contributed by atoms with Crippen molar-refractivity contribution < 1.29 is 9.90 Å². The van der Waals surface area contributed by atoms with Crippen LogP contribution in [0.3, 0.4) is 0 Å². The number of hydrogen-bond donors (Lipinski definition) is 2. The molecule has 1 saturated carbocycles. The first-order valence-corrected chi connectivity index (χ1v) is 7.48. The smallest absolute Gasteiger partial charge is 0.307 e. The minimum Gasteiger partial charge on any atom is -0.481 e. The first-order valence-electron chi connectivity index (χ1n) is 7.48. The normalized spacial score (nSPS) is 21.6. The van der Waals surface area contributed by atoms with E-state index in [2.05, 4.69) is 19.2 Å². The maximum Gasteiger partial charge on any atom is 0.307 e. The van der Waals surface area contributed by atoms with Crippen molar-refractivity contribution in [2.45, 2.75) is 58.5 Å². The number of carbonyl (C=O) groups is 1. The number of carboxylic acid groups (broad SMARTS) is 1. The molecule has 0 bridgehead atoms. The van der Waals surface area contributed by atoms with Gasteiger partial charge in [-0.25, -0.2) is 0 Å². The maximum atomic E-state index is 10.9. The van der Waals surface area contributed by atoms with Crippen molar-refractivity contribution in [1.82, 2.24) is 5.32 Å². The molecule has 1 fully saturated rings. The quantitative estimate of drug-likeness (QED) is 0.866. The topological polar surface area (TPSA) is 49.3 Å². The molecular formula is C17H25NO2. The Bertz CT molecular complexity index is 468. The van der Waals surface area contributed by atoms with Crippen molar-refractivity contribution in [3.63, 3.8) is 0 Å². The van der Waals surface area contributed by atoms with Gasteiger partial charge in [-0.3, -0.25) is 4.79 Å². The zero-order chi connectivity index (χ0) is 14.6. The van der Waals surface area contributed by atoms with E-state index in [1.54, 1.807) is 0 Å². The van der Waals surface area contributed by atoms with E-state index >= 15 is 0 Å². The molecule has 110 valence electrons. The Morgan fingerprint density at radius 3 is 2.70 bits per heavy atom. The third-order valence-corrected chi connectivity index (χ3v) is 4.25. The second-order valence-electron chi connectivity index (χ2n) is 6.68. The molecule has 0 aromatic heterocycles. The van der Waals surface area contributed by atoms with Crippen LogP contribution in [0.25, 0.3) is 0 Å². The minimum atomic E-state index is -0.767. The second-order valence-corrected chi connectivity index (χ2v) is 6.68. The number of carboxylic acids is 1. The van der Waals surface area contributed by atoms with Crippen LogP contribution in [-0.2, 0) is 17.8 Å². The van der Waals surface area contributed by atoms with Crippen molar-refractivity contribution in [2.75, 3.05) is 0 Å². The molecule has 0 aliphatic heterocycles. The highest BCUT2D eigenvalue weighted by atomic mass is 16.4. The third-order valence-electron chi connectivity index (χ3n) is 4.25. The molecule has 1 atom stereocenters. The van der Waals surface area contributed by atoms with Crippen molar-refractivity contribution in [3.05, 3.63) is 35.4 Å². The van der Waals surface area contributed by atoms with Gasteiger partial charge in [0, 0.05) is 12.6 Å². The predicted molar refractivity (Wildman–Crippen MR) is 80.7 cm³/mol. The van der Waals surface area contributed by atoms with Crippen LogP contribution >= 0.6 is 0 Å². The van der Waals surface area contributed by atoms with Crippen LogP contribution in [0, 0.1) is 5.41 Å². The standard InChI is InChI=1S/C17H25NO2/c1-17(2)9-5-8-15(11-17)18-12-14-7-4-3-6-13(14)10-16(19)20/h3-4,6-7,15,18H,5,8-12H2,1-2H3,(H,19,20). The van der Waals surface area contributed by atoms with E-state index in [-0.39, 0.29) is 6.42 Å². The molecular weight excluding hydrogens is 250 g/mol. The van der Waals surface area contributed by atoms with Crippen molar-refractivity contribution >= 4 is 5.97 Å². The average Bonchev–Trinajstić information content (AvgIpc) is 2.36. The van der Waals surface area contributed by atoms with Crippen LogP contribution < -0.4 is 5.32 Å². The van der Waals surface area contributed by atoms with Crippen LogP contribution in [0.1, 0.15) is 50.7 Å². The lowest BCUT2D eigenvalue weighted by Gasteiger charge is -2.35. The Hall–Kier alpha value is -1.35. The molecule has 1 aliphatic carbocycles. The molecule has 0 heterocycles. The molecule has 2 N–H and O–H groups in total. The third kappa shape index (κ3) is 4.34. The zero-order valence-corrected chi connectivity index (χ0v) is 12.5. The summed E-state index contributed by atoms with van der Waals surface area (Å²) in [5, 5.41) is 12.6. The Labute approximate surface area is 121 Å². The van der Waals surface area contributed by atoms with Gasteiger partial charge in [0.1, 0.15) is 0 Å². The summed E-state index contributed by atoms with van der Waals surface area (Å²) in [5.41, 5.74) is 2.46. The molecule has 20 heavy (non-hydrogen) atoms. The van der Waals surface area contributed by atoms with Gasteiger partial charge in [0.2, 0.25) is 0 Å². The summed E-state index contributed by atoms with van der Waals surface area (Å²) in [5.74, 6) is -0.767. The molecule has 1 unspecified atom stereocenters. The molecule has 0 spiro atoms. The molecule has 2 rings (SSSR count). The van der Waals surface area contributed by atoms with Gasteiger partial charge >= 0.3 is 5.97 Å². The molecule has 3 nitrogen and oxygen atoms in total. The van der Waals surface area contributed by atoms with Crippen LogP contribution in [0.4, 0.5) is 0 Å². The Kier molecular flexibility index (Phi) is 4.81. The SMILES string of the molecule is CC1(C)CCCC(NCc2ccccc2CC(=O)O)C1. The maximum absolute atomic E-state index is 10.9. The second kappa shape index (κ2) is 6.40. The molecule has 0 radical (unpaired) electrons. The molecule has 1 aromatic rings. The molecule has 1 aliphatic rings. The highest BCUT2D eigenvalue weighted by molar-refractivity contribution is 5.70. The summed E-state index contributed by atoms with van der Waals surface area (Å²) in [6.45, 7) is 5.43. The van der Waals surface area contributed by atoms with Gasteiger partial charge in [0.15, 0.2) is 0 Å². The predicted octanol–water partition coefficient (Wildman–Crippen LogP) is 3.37. The van der Waals surface area contributed by atoms with E-state index in [0.29, 0.717) is 11.5 Å². The number of nitrogens with one attached hydrogen (secondary N) is 1. The zero-order valence-electron chi connectivity index (χ0n) is 12.5. The van der Waals surface area contributed by atoms with E-state index in [0.717, 1.165) is 17.7 Å². The van der Waals surface area contributed by atoms with Crippen LogP contribution in [0.2, 0.25) is 0 Å². The van der Waals surface area contributed by atoms with Crippen molar-refractivity contribution in [1.29, 1.82) is 0 Å². The Morgan fingerprint density at radius 2 is 2.05 bits per heavy atom. The molecule has 0 saturated heterocycles. The van der Waals surface area contributed by atoms with Gasteiger partial charge in [-0.1, -0.05) is 44.5 Å². The van der Waals surface area contributed by atoms with Crippen LogP contribution in [-0.4, -0.2) is 17.1 Å². The summed E-state index contributed by atoms with van der Waals surface area (Å²) in [4.78, 5) is 10.9. The molecule has 3 heteroatoms. The summed E-state index contributed by atoms with van der Waals surface area (Å²) in [6.07, 6.45) is 5.12. The largest absolute Gasteiger partial charge is 0.481 e. The van der Waals surface area contributed by atoms with Gasteiger partial charge in [0.25, 0.3) is 0 Å². The van der Waals surface area contributed by atoms with Crippen molar-refractivity contribution in [2.24, 2.45) is 5.41 Å². The van der Waals surface area contributed by atoms with Gasteiger partial charge in [0.05, 0.1) is 6.42 Å². The summed E-state index contributed by atoms with van der Waals surface area (Å²) in [6, 6.07) is 8.38. The molecule has 1 aromatic carbocycles. The minimum absolute atomic E-state index is 0.105. The first kappa shape index (κ1) is 15.0. The first-order chi connectivity index (χ1) is 9.46. The fourth-order valence-electron chi connectivity index (χ4n) is 3.19. The fourth-order valence-corrected chi connectivity index (χ4v) is 3.19. The highest BCUT2D eigenvalue weighted by Crippen LogP contribution is 2.35. The summed E-state index contributed by atoms with van der Waals surface area (Å²) < 4.78 is 0. The Morgan fingerprint density at radius 1 is 1.35 bits per heavy atom.